The third-order valence-electron chi connectivity index (χ3n) is 3.71. The SMILES string of the molecule is CN(C)C[C@@H]1COc2ccccc2C1.Oc1ccccc1CCl. The van der Waals surface area contributed by atoms with Gasteiger partial charge in [-0.15, -0.1) is 11.6 Å². The summed E-state index contributed by atoms with van der Waals surface area (Å²) in [6, 6.07) is 15.4. The third kappa shape index (κ3) is 5.45. The zero-order chi connectivity index (χ0) is 16.7. The molecule has 1 heterocycles. The number of ether oxygens (including phenoxy) is 1. The lowest BCUT2D eigenvalue weighted by molar-refractivity contribution is 0.188. The molecule has 0 fully saturated rings. The maximum atomic E-state index is 9.03. The van der Waals surface area contributed by atoms with Crippen molar-refractivity contribution in [1.82, 2.24) is 4.90 Å². The highest BCUT2D eigenvalue weighted by Gasteiger charge is 2.19. The van der Waals surface area contributed by atoms with E-state index in [2.05, 4.69) is 37.2 Å². The molecule has 0 unspecified atom stereocenters. The van der Waals surface area contributed by atoms with E-state index in [-0.39, 0.29) is 5.75 Å². The molecule has 124 valence electrons. The highest BCUT2D eigenvalue weighted by molar-refractivity contribution is 6.17. The van der Waals surface area contributed by atoms with E-state index in [1.165, 1.54) is 5.56 Å². The molecule has 1 N–H and O–H groups in total. The molecule has 0 saturated carbocycles. The minimum atomic E-state index is 0.271. The fraction of sp³-hybridized carbons (Fsp3) is 0.368. The second kappa shape index (κ2) is 8.80. The van der Waals surface area contributed by atoms with Crippen LogP contribution in [0.15, 0.2) is 48.5 Å². The fourth-order valence-corrected chi connectivity index (χ4v) is 2.87. The van der Waals surface area contributed by atoms with Gasteiger partial charge in [0.25, 0.3) is 0 Å². The Hall–Kier alpha value is -1.71. The van der Waals surface area contributed by atoms with Crippen LogP contribution in [0, 0.1) is 5.92 Å². The number of benzene rings is 2. The number of aromatic hydroxyl groups is 1. The van der Waals surface area contributed by atoms with Crippen molar-refractivity contribution < 1.29 is 9.84 Å². The molecule has 2 aromatic rings. The number of fused-ring (bicyclic) bond motifs is 1. The molecule has 0 aromatic heterocycles. The van der Waals surface area contributed by atoms with Gasteiger partial charge in [0.05, 0.1) is 12.5 Å². The number of rotatable bonds is 3. The van der Waals surface area contributed by atoms with Gasteiger partial charge in [0.2, 0.25) is 0 Å². The number of phenolic OH excluding ortho intramolecular Hbond substituents is 1. The first-order valence-corrected chi connectivity index (χ1v) is 8.32. The highest BCUT2D eigenvalue weighted by atomic mass is 35.5. The Morgan fingerprint density at radius 1 is 1.13 bits per heavy atom. The number of halogens is 1. The number of nitrogens with zero attached hydrogens (tertiary/aromatic N) is 1. The summed E-state index contributed by atoms with van der Waals surface area (Å²) in [5.41, 5.74) is 2.13. The first-order chi connectivity index (χ1) is 11.1. The van der Waals surface area contributed by atoms with Crippen LogP contribution in [-0.4, -0.2) is 37.3 Å². The highest BCUT2D eigenvalue weighted by Crippen LogP contribution is 2.26. The molecule has 1 aliphatic rings. The predicted molar refractivity (Wildman–Crippen MR) is 95.3 cm³/mol. The van der Waals surface area contributed by atoms with Crippen molar-refractivity contribution in [2.45, 2.75) is 12.3 Å². The van der Waals surface area contributed by atoms with E-state index >= 15 is 0 Å². The van der Waals surface area contributed by atoms with Crippen molar-refractivity contribution in [1.29, 1.82) is 0 Å². The lowest BCUT2D eigenvalue weighted by Gasteiger charge is -2.27. The largest absolute Gasteiger partial charge is 0.508 e. The van der Waals surface area contributed by atoms with Crippen molar-refractivity contribution in [2.24, 2.45) is 5.92 Å². The Morgan fingerprint density at radius 2 is 1.83 bits per heavy atom. The summed E-state index contributed by atoms with van der Waals surface area (Å²) in [6.07, 6.45) is 1.15. The second-order valence-electron chi connectivity index (χ2n) is 6.01. The van der Waals surface area contributed by atoms with Gasteiger partial charge in [0.15, 0.2) is 0 Å². The molecule has 3 rings (SSSR count). The summed E-state index contributed by atoms with van der Waals surface area (Å²) < 4.78 is 5.71. The van der Waals surface area contributed by atoms with Gasteiger partial charge in [-0.3, -0.25) is 0 Å². The van der Waals surface area contributed by atoms with E-state index < -0.39 is 0 Å². The van der Waals surface area contributed by atoms with E-state index in [0.29, 0.717) is 11.8 Å². The van der Waals surface area contributed by atoms with Crippen LogP contribution < -0.4 is 4.74 Å². The Balaban J connectivity index is 0.000000185. The molecular weight excluding hydrogens is 310 g/mol. The molecule has 1 aliphatic heterocycles. The van der Waals surface area contributed by atoms with Gasteiger partial charge < -0.3 is 14.7 Å². The zero-order valence-corrected chi connectivity index (χ0v) is 14.5. The average Bonchev–Trinajstić information content (AvgIpc) is 2.55. The summed E-state index contributed by atoms with van der Waals surface area (Å²) in [6.45, 7) is 1.96. The van der Waals surface area contributed by atoms with Gasteiger partial charge in [0.1, 0.15) is 11.5 Å². The molecule has 0 radical (unpaired) electrons. The maximum absolute atomic E-state index is 9.03. The molecule has 1 atom stereocenters. The lowest BCUT2D eigenvalue weighted by Crippen LogP contribution is -2.30. The van der Waals surface area contributed by atoms with Gasteiger partial charge in [-0.2, -0.15) is 0 Å². The Morgan fingerprint density at radius 3 is 2.48 bits per heavy atom. The Kier molecular flexibility index (Phi) is 6.75. The van der Waals surface area contributed by atoms with Crippen molar-refractivity contribution >= 4 is 11.6 Å². The molecule has 0 bridgehead atoms. The van der Waals surface area contributed by atoms with Crippen molar-refractivity contribution in [2.75, 3.05) is 27.2 Å². The fourth-order valence-electron chi connectivity index (χ4n) is 2.65. The Labute approximate surface area is 143 Å². The number of hydrogen-bond donors (Lipinski definition) is 1. The molecule has 0 aliphatic carbocycles. The molecule has 23 heavy (non-hydrogen) atoms. The van der Waals surface area contributed by atoms with Crippen LogP contribution in [-0.2, 0) is 12.3 Å². The predicted octanol–water partition coefficient (Wildman–Crippen LogP) is 3.93. The van der Waals surface area contributed by atoms with Gasteiger partial charge in [-0.1, -0.05) is 36.4 Å². The van der Waals surface area contributed by atoms with Gasteiger partial charge in [-0.05, 0) is 38.2 Å². The van der Waals surface area contributed by atoms with Crippen LogP contribution >= 0.6 is 11.6 Å². The van der Waals surface area contributed by atoms with Gasteiger partial charge in [0, 0.05) is 18.0 Å². The quantitative estimate of drug-likeness (QED) is 0.864. The normalized spacial score (nSPS) is 16.1. The first-order valence-electron chi connectivity index (χ1n) is 7.78. The van der Waals surface area contributed by atoms with Gasteiger partial charge in [-0.25, -0.2) is 0 Å². The van der Waals surface area contributed by atoms with Crippen molar-refractivity contribution in [3.8, 4) is 11.5 Å². The second-order valence-corrected chi connectivity index (χ2v) is 6.28. The maximum Gasteiger partial charge on any atom is 0.122 e. The van der Waals surface area contributed by atoms with E-state index in [9.17, 15) is 0 Å². The summed E-state index contributed by atoms with van der Waals surface area (Å²) in [4.78, 5) is 2.22. The number of hydrogen-bond acceptors (Lipinski definition) is 3. The topological polar surface area (TPSA) is 32.7 Å². The molecule has 0 saturated heterocycles. The summed E-state index contributed by atoms with van der Waals surface area (Å²) in [7, 11) is 4.22. The standard InChI is InChI=1S/C12H17NO.C7H7ClO/c1-13(2)8-10-7-11-5-3-4-6-12(11)14-9-10;8-5-6-3-1-2-4-7(6)9/h3-6,10H,7-9H2,1-2H3;1-4,9H,5H2/t10-;/m1./s1. The van der Waals surface area contributed by atoms with Crippen LogP contribution in [0.25, 0.3) is 0 Å². The average molecular weight is 334 g/mol. The number of phenols is 1. The van der Waals surface area contributed by atoms with Crippen LogP contribution in [0.2, 0.25) is 0 Å². The van der Waals surface area contributed by atoms with Crippen LogP contribution in [0.5, 0.6) is 11.5 Å². The van der Waals surface area contributed by atoms with E-state index in [1.54, 1.807) is 18.2 Å². The zero-order valence-electron chi connectivity index (χ0n) is 13.7. The molecule has 2 aromatic carbocycles. The smallest absolute Gasteiger partial charge is 0.122 e. The van der Waals surface area contributed by atoms with Crippen LogP contribution in [0.3, 0.4) is 0 Å². The molecular formula is C19H24ClNO2. The Bertz CT molecular complexity index is 616. The van der Waals surface area contributed by atoms with Crippen molar-refractivity contribution in [3.05, 3.63) is 59.7 Å². The molecule has 0 spiro atoms. The molecule has 0 amide bonds. The summed E-state index contributed by atoms with van der Waals surface area (Å²) in [5.74, 6) is 2.35. The molecule has 3 nitrogen and oxygen atoms in total. The first kappa shape index (κ1) is 17.6. The third-order valence-corrected chi connectivity index (χ3v) is 4.00. The number of alkyl halides is 1. The van der Waals surface area contributed by atoms with E-state index in [1.807, 2.05) is 12.1 Å². The van der Waals surface area contributed by atoms with E-state index in [4.69, 9.17) is 21.4 Å². The summed E-state index contributed by atoms with van der Waals surface area (Å²) >= 11 is 5.47. The molecule has 4 heteroatoms. The number of para-hydroxylation sites is 2. The minimum Gasteiger partial charge on any atom is -0.508 e. The van der Waals surface area contributed by atoms with Crippen molar-refractivity contribution in [3.63, 3.8) is 0 Å². The monoisotopic (exact) mass is 333 g/mol. The summed E-state index contributed by atoms with van der Waals surface area (Å²) in [5, 5.41) is 9.03. The van der Waals surface area contributed by atoms with Gasteiger partial charge >= 0.3 is 0 Å². The van der Waals surface area contributed by atoms with Crippen LogP contribution in [0.1, 0.15) is 11.1 Å². The van der Waals surface area contributed by atoms with E-state index in [0.717, 1.165) is 30.9 Å². The van der Waals surface area contributed by atoms with Crippen LogP contribution in [0.4, 0.5) is 0 Å². The lowest BCUT2D eigenvalue weighted by atomic mass is 9.96. The minimum absolute atomic E-state index is 0.271.